The van der Waals surface area contributed by atoms with Crippen LogP contribution < -0.4 is 14.8 Å². The van der Waals surface area contributed by atoms with Gasteiger partial charge in [0, 0.05) is 17.8 Å². The van der Waals surface area contributed by atoms with Crippen LogP contribution in [0, 0.1) is 6.92 Å². The molecule has 1 N–H and O–H groups in total. The summed E-state index contributed by atoms with van der Waals surface area (Å²) in [5.74, 6) is 2.77. The van der Waals surface area contributed by atoms with E-state index in [-0.39, 0.29) is 11.9 Å². The number of amides is 1. The molecule has 4 heterocycles. The number of ether oxygens (including phenoxy) is 2. The number of benzene rings is 1. The van der Waals surface area contributed by atoms with Crippen LogP contribution in [0.2, 0.25) is 0 Å². The minimum absolute atomic E-state index is 0.0139. The fourth-order valence-electron chi connectivity index (χ4n) is 4.11. The number of pyridine rings is 2. The highest BCUT2D eigenvalue weighted by molar-refractivity contribution is 5.95. The van der Waals surface area contributed by atoms with Crippen LogP contribution >= 0.6 is 0 Å². The lowest BCUT2D eigenvalue weighted by atomic mass is 10.1. The Labute approximate surface area is 181 Å². The van der Waals surface area contributed by atoms with Gasteiger partial charge in [-0.25, -0.2) is 9.97 Å². The van der Waals surface area contributed by atoms with Crippen molar-refractivity contribution in [2.45, 2.75) is 25.8 Å². The van der Waals surface area contributed by atoms with Crippen molar-refractivity contribution in [1.29, 1.82) is 0 Å². The molecule has 5 rings (SSSR count). The Morgan fingerprint density at radius 1 is 1.00 bits per heavy atom. The number of fused-ring (bicyclic) bond motifs is 1. The van der Waals surface area contributed by atoms with Crippen LogP contribution in [0.4, 0.5) is 11.6 Å². The van der Waals surface area contributed by atoms with E-state index in [4.69, 9.17) is 14.5 Å². The molecule has 7 nitrogen and oxygen atoms in total. The molecular weight excluding hydrogens is 392 g/mol. The second-order valence-corrected chi connectivity index (χ2v) is 7.75. The molecule has 0 saturated carbocycles. The monoisotopic (exact) mass is 416 g/mol. The van der Waals surface area contributed by atoms with Gasteiger partial charge in [-0.15, -0.1) is 0 Å². The van der Waals surface area contributed by atoms with Gasteiger partial charge in [-0.2, -0.15) is 0 Å². The third-order valence-electron chi connectivity index (χ3n) is 5.56. The highest BCUT2D eigenvalue weighted by atomic mass is 16.6. The number of hydrogen-bond donors (Lipinski definition) is 1. The minimum atomic E-state index is -0.0621. The SMILES string of the molecule is Cc1cccc(Nc2cccc([C@H]3CCCN3C(=O)c3ccc4c(c3)OCCO4)n2)n1. The molecule has 0 unspecified atom stereocenters. The summed E-state index contributed by atoms with van der Waals surface area (Å²) >= 11 is 0. The fraction of sp³-hybridized carbons (Fsp3) is 0.292. The van der Waals surface area contributed by atoms with Gasteiger partial charge >= 0.3 is 0 Å². The largest absolute Gasteiger partial charge is 0.486 e. The Kier molecular flexibility index (Phi) is 5.16. The van der Waals surface area contributed by atoms with Crippen molar-refractivity contribution in [2.75, 3.05) is 25.1 Å². The molecule has 2 aliphatic rings. The summed E-state index contributed by atoms with van der Waals surface area (Å²) in [6.07, 6.45) is 1.83. The molecule has 7 heteroatoms. The highest BCUT2D eigenvalue weighted by Crippen LogP contribution is 2.35. The highest BCUT2D eigenvalue weighted by Gasteiger charge is 2.32. The normalized spacial score (nSPS) is 17.5. The topological polar surface area (TPSA) is 76.6 Å². The Morgan fingerprint density at radius 3 is 2.61 bits per heavy atom. The van der Waals surface area contributed by atoms with Crippen molar-refractivity contribution < 1.29 is 14.3 Å². The predicted molar refractivity (Wildman–Crippen MR) is 117 cm³/mol. The molecule has 0 spiro atoms. The maximum Gasteiger partial charge on any atom is 0.254 e. The van der Waals surface area contributed by atoms with Crippen molar-refractivity contribution >= 4 is 17.5 Å². The number of nitrogens with one attached hydrogen (secondary N) is 1. The van der Waals surface area contributed by atoms with Gasteiger partial charge in [0.25, 0.3) is 5.91 Å². The quantitative estimate of drug-likeness (QED) is 0.684. The van der Waals surface area contributed by atoms with Gasteiger partial charge in [0.15, 0.2) is 11.5 Å². The molecule has 1 amide bonds. The van der Waals surface area contributed by atoms with Gasteiger partial charge in [0.2, 0.25) is 0 Å². The number of anilines is 2. The molecule has 1 atom stereocenters. The van der Waals surface area contributed by atoms with Gasteiger partial charge in [-0.3, -0.25) is 4.79 Å². The molecule has 0 bridgehead atoms. The summed E-state index contributed by atoms with van der Waals surface area (Å²) in [6.45, 7) is 3.69. The van der Waals surface area contributed by atoms with E-state index >= 15 is 0 Å². The summed E-state index contributed by atoms with van der Waals surface area (Å²) < 4.78 is 11.2. The van der Waals surface area contributed by atoms with Gasteiger partial charge in [0.1, 0.15) is 24.8 Å². The van der Waals surface area contributed by atoms with E-state index in [9.17, 15) is 4.79 Å². The maximum atomic E-state index is 13.3. The van der Waals surface area contributed by atoms with E-state index in [1.807, 2.05) is 54.3 Å². The number of carbonyl (C=O) groups excluding carboxylic acids is 1. The molecule has 3 aromatic rings. The molecule has 1 aromatic carbocycles. The molecule has 0 radical (unpaired) electrons. The first kappa shape index (κ1) is 19.4. The van der Waals surface area contributed by atoms with Crippen LogP contribution in [0.5, 0.6) is 11.5 Å². The summed E-state index contributed by atoms with van der Waals surface area (Å²) in [5, 5.41) is 3.26. The van der Waals surface area contributed by atoms with E-state index in [1.54, 1.807) is 12.1 Å². The number of likely N-dealkylation sites (tertiary alicyclic amines) is 1. The van der Waals surface area contributed by atoms with E-state index in [0.29, 0.717) is 42.6 Å². The lowest BCUT2D eigenvalue weighted by Gasteiger charge is -2.25. The van der Waals surface area contributed by atoms with Crippen molar-refractivity contribution in [2.24, 2.45) is 0 Å². The molecule has 0 aliphatic carbocycles. The first-order valence-corrected chi connectivity index (χ1v) is 10.6. The summed E-state index contributed by atoms with van der Waals surface area (Å²) in [5.41, 5.74) is 2.42. The number of hydrogen-bond acceptors (Lipinski definition) is 6. The average molecular weight is 416 g/mol. The average Bonchev–Trinajstić information content (AvgIpc) is 3.28. The van der Waals surface area contributed by atoms with Gasteiger partial charge in [0.05, 0.1) is 11.7 Å². The van der Waals surface area contributed by atoms with Gasteiger partial charge in [-0.05, 0) is 62.2 Å². The number of aromatic nitrogens is 2. The molecule has 2 aromatic heterocycles. The predicted octanol–water partition coefficient (Wildman–Crippen LogP) is 4.28. The van der Waals surface area contributed by atoms with E-state index < -0.39 is 0 Å². The summed E-state index contributed by atoms with van der Waals surface area (Å²) in [6, 6.07) is 17.0. The second kappa shape index (κ2) is 8.26. The van der Waals surface area contributed by atoms with Gasteiger partial charge < -0.3 is 19.7 Å². The lowest BCUT2D eigenvalue weighted by molar-refractivity contribution is 0.0732. The van der Waals surface area contributed by atoms with E-state index in [0.717, 1.165) is 30.0 Å². The standard InChI is InChI=1S/C24H24N4O3/c1-16-5-2-8-22(25-16)27-23-9-3-6-18(26-23)19-7-4-12-28(19)24(29)17-10-11-20-21(15-17)31-14-13-30-20/h2-3,5-6,8-11,15,19H,4,7,12-14H2,1H3,(H,25,26,27)/t19-/m1/s1. The molecule has 1 fully saturated rings. The Morgan fingerprint density at radius 2 is 1.77 bits per heavy atom. The Bertz CT molecular complexity index is 1120. The van der Waals surface area contributed by atoms with Crippen LogP contribution in [0.25, 0.3) is 0 Å². The number of aryl methyl sites for hydroxylation is 1. The van der Waals surface area contributed by atoms with Crippen molar-refractivity contribution in [3.05, 3.63) is 71.5 Å². The third-order valence-corrected chi connectivity index (χ3v) is 5.56. The fourth-order valence-corrected chi connectivity index (χ4v) is 4.11. The van der Waals surface area contributed by atoms with Crippen LogP contribution in [0.3, 0.4) is 0 Å². The van der Waals surface area contributed by atoms with Crippen LogP contribution in [0.1, 0.15) is 40.6 Å². The lowest BCUT2D eigenvalue weighted by Crippen LogP contribution is -2.31. The van der Waals surface area contributed by atoms with E-state index in [1.165, 1.54) is 0 Å². The van der Waals surface area contributed by atoms with Crippen LogP contribution in [0.15, 0.2) is 54.6 Å². The second-order valence-electron chi connectivity index (χ2n) is 7.75. The first-order chi connectivity index (χ1) is 15.2. The van der Waals surface area contributed by atoms with Crippen molar-refractivity contribution in [3.8, 4) is 11.5 Å². The minimum Gasteiger partial charge on any atom is -0.486 e. The number of carbonyl (C=O) groups is 1. The molecule has 1 saturated heterocycles. The van der Waals surface area contributed by atoms with Gasteiger partial charge in [-0.1, -0.05) is 12.1 Å². The smallest absolute Gasteiger partial charge is 0.254 e. The van der Waals surface area contributed by atoms with Crippen molar-refractivity contribution in [1.82, 2.24) is 14.9 Å². The zero-order valence-corrected chi connectivity index (χ0v) is 17.4. The molecule has 2 aliphatic heterocycles. The molecular formula is C24H24N4O3. The zero-order valence-electron chi connectivity index (χ0n) is 17.4. The Balaban J connectivity index is 1.37. The Hall–Kier alpha value is -3.61. The number of rotatable bonds is 4. The first-order valence-electron chi connectivity index (χ1n) is 10.6. The van der Waals surface area contributed by atoms with Crippen molar-refractivity contribution in [3.63, 3.8) is 0 Å². The number of nitrogens with zero attached hydrogens (tertiary/aromatic N) is 3. The molecule has 158 valence electrons. The van der Waals surface area contributed by atoms with Crippen LogP contribution in [-0.4, -0.2) is 40.5 Å². The summed E-state index contributed by atoms with van der Waals surface area (Å²) in [7, 11) is 0. The summed E-state index contributed by atoms with van der Waals surface area (Å²) in [4.78, 5) is 24.5. The zero-order chi connectivity index (χ0) is 21.2. The maximum absolute atomic E-state index is 13.3. The molecule has 31 heavy (non-hydrogen) atoms. The third kappa shape index (κ3) is 4.03. The van der Waals surface area contributed by atoms with Crippen LogP contribution in [-0.2, 0) is 0 Å². The van der Waals surface area contributed by atoms with E-state index in [2.05, 4.69) is 10.3 Å².